The van der Waals surface area contributed by atoms with Gasteiger partial charge >= 0.3 is 5.97 Å². The second-order valence-electron chi connectivity index (χ2n) is 6.97. The maximum atomic E-state index is 12.6. The van der Waals surface area contributed by atoms with Crippen molar-refractivity contribution in [1.29, 1.82) is 0 Å². The fraction of sp³-hybridized carbons (Fsp3) is 0.273. The van der Waals surface area contributed by atoms with Gasteiger partial charge in [-0.3, -0.25) is 4.79 Å². The van der Waals surface area contributed by atoms with Crippen LogP contribution in [0.1, 0.15) is 35.3 Å². The van der Waals surface area contributed by atoms with Crippen molar-refractivity contribution < 1.29 is 14.3 Å². The molecule has 7 nitrogen and oxygen atoms in total. The third-order valence-electron chi connectivity index (χ3n) is 4.47. The molecular weight excluding hydrogens is 368 g/mol. The van der Waals surface area contributed by atoms with E-state index in [9.17, 15) is 9.59 Å². The average molecular weight is 392 g/mol. The van der Waals surface area contributed by atoms with E-state index in [-0.39, 0.29) is 18.6 Å². The zero-order valence-electron chi connectivity index (χ0n) is 16.6. The molecule has 29 heavy (non-hydrogen) atoms. The van der Waals surface area contributed by atoms with Crippen LogP contribution in [0.2, 0.25) is 0 Å². The molecule has 1 amide bonds. The second-order valence-corrected chi connectivity index (χ2v) is 6.97. The molecule has 1 aromatic heterocycles. The standard InChI is InChI=1S/C22H24N4O3/c1-17(2)26(13-18-6-4-3-5-7-18)21(27)14-29-22(28)20-10-8-19(9-11-20)12-25-16-23-15-24-25/h3-11,15-17H,12-14H2,1-2H3. The fourth-order valence-electron chi connectivity index (χ4n) is 2.88. The Labute approximate surface area is 169 Å². The van der Waals surface area contributed by atoms with E-state index in [4.69, 9.17) is 4.74 Å². The van der Waals surface area contributed by atoms with E-state index >= 15 is 0 Å². The van der Waals surface area contributed by atoms with Crippen LogP contribution in [0.4, 0.5) is 0 Å². The molecule has 150 valence electrons. The molecule has 0 fully saturated rings. The Balaban J connectivity index is 1.55. The van der Waals surface area contributed by atoms with Crippen LogP contribution >= 0.6 is 0 Å². The van der Waals surface area contributed by atoms with Crippen molar-refractivity contribution in [3.05, 3.63) is 83.9 Å². The summed E-state index contributed by atoms with van der Waals surface area (Å²) in [5.41, 5.74) is 2.42. The van der Waals surface area contributed by atoms with Gasteiger partial charge in [0.25, 0.3) is 5.91 Å². The van der Waals surface area contributed by atoms with Gasteiger partial charge in [0, 0.05) is 12.6 Å². The Kier molecular flexibility index (Phi) is 6.73. The van der Waals surface area contributed by atoms with E-state index in [1.54, 1.807) is 28.0 Å². The largest absolute Gasteiger partial charge is 0.452 e. The minimum atomic E-state index is -0.519. The van der Waals surface area contributed by atoms with Gasteiger partial charge in [0.15, 0.2) is 6.61 Å². The van der Waals surface area contributed by atoms with E-state index in [2.05, 4.69) is 10.1 Å². The number of benzene rings is 2. The van der Waals surface area contributed by atoms with Crippen molar-refractivity contribution in [2.24, 2.45) is 0 Å². The minimum absolute atomic E-state index is 0.00234. The van der Waals surface area contributed by atoms with Gasteiger partial charge < -0.3 is 9.64 Å². The predicted octanol–water partition coefficient (Wildman–Crippen LogP) is 2.92. The van der Waals surface area contributed by atoms with Crippen LogP contribution in [0, 0.1) is 0 Å². The number of rotatable bonds is 8. The average Bonchev–Trinajstić information content (AvgIpc) is 3.24. The number of aromatic nitrogens is 3. The Morgan fingerprint density at radius 2 is 1.76 bits per heavy atom. The number of hydrogen-bond acceptors (Lipinski definition) is 5. The fourth-order valence-corrected chi connectivity index (χ4v) is 2.88. The molecule has 0 saturated heterocycles. The number of carbonyl (C=O) groups excluding carboxylic acids is 2. The lowest BCUT2D eigenvalue weighted by molar-refractivity contribution is -0.136. The van der Waals surface area contributed by atoms with Crippen LogP contribution in [0.15, 0.2) is 67.3 Å². The number of ether oxygens (including phenoxy) is 1. The number of amides is 1. The number of esters is 1. The number of nitrogens with zero attached hydrogens (tertiary/aromatic N) is 4. The predicted molar refractivity (Wildman–Crippen MR) is 108 cm³/mol. The van der Waals surface area contributed by atoms with Gasteiger partial charge in [0.1, 0.15) is 12.7 Å². The first-order valence-corrected chi connectivity index (χ1v) is 9.45. The molecule has 0 atom stereocenters. The van der Waals surface area contributed by atoms with Crippen LogP contribution < -0.4 is 0 Å². The van der Waals surface area contributed by atoms with Crippen molar-refractivity contribution >= 4 is 11.9 Å². The zero-order valence-corrected chi connectivity index (χ0v) is 16.6. The number of hydrogen-bond donors (Lipinski definition) is 0. The summed E-state index contributed by atoms with van der Waals surface area (Å²) in [5.74, 6) is -0.742. The molecule has 7 heteroatoms. The Morgan fingerprint density at radius 3 is 2.38 bits per heavy atom. The highest BCUT2D eigenvalue weighted by atomic mass is 16.5. The normalized spacial score (nSPS) is 10.7. The molecule has 0 bridgehead atoms. The summed E-state index contributed by atoms with van der Waals surface area (Å²) in [6.07, 6.45) is 3.10. The van der Waals surface area contributed by atoms with Crippen molar-refractivity contribution in [2.45, 2.75) is 33.0 Å². The maximum Gasteiger partial charge on any atom is 0.338 e. The summed E-state index contributed by atoms with van der Waals surface area (Å²) < 4.78 is 6.94. The second kappa shape index (κ2) is 9.64. The summed E-state index contributed by atoms with van der Waals surface area (Å²) in [5, 5.41) is 4.05. The monoisotopic (exact) mass is 392 g/mol. The topological polar surface area (TPSA) is 77.3 Å². The van der Waals surface area contributed by atoms with Crippen LogP contribution in [-0.2, 0) is 22.6 Å². The van der Waals surface area contributed by atoms with Crippen molar-refractivity contribution in [3.63, 3.8) is 0 Å². The molecule has 1 heterocycles. The van der Waals surface area contributed by atoms with Crippen molar-refractivity contribution in [1.82, 2.24) is 19.7 Å². The van der Waals surface area contributed by atoms with E-state index < -0.39 is 5.97 Å². The summed E-state index contributed by atoms with van der Waals surface area (Å²) in [4.78, 5) is 30.5. The van der Waals surface area contributed by atoms with Gasteiger partial charge in [-0.25, -0.2) is 14.5 Å². The molecule has 0 saturated carbocycles. The van der Waals surface area contributed by atoms with E-state index in [0.29, 0.717) is 18.7 Å². The molecule has 3 rings (SSSR count). The maximum absolute atomic E-state index is 12.6. The molecule has 0 aliphatic heterocycles. The summed E-state index contributed by atoms with van der Waals surface area (Å²) >= 11 is 0. The molecule has 0 spiro atoms. The highest BCUT2D eigenvalue weighted by molar-refractivity contribution is 5.91. The lowest BCUT2D eigenvalue weighted by atomic mass is 10.1. The molecular formula is C22H24N4O3. The van der Waals surface area contributed by atoms with Crippen LogP contribution in [0.3, 0.4) is 0 Å². The van der Waals surface area contributed by atoms with E-state index in [1.807, 2.05) is 56.3 Å². The molecule has 3 aromatic rings. The summed E-state index contributed by atoms with van der Waals surface area (Å²) in [7, 11) is 0. The first-order valence-electron chi connectivity index (χ1n) is 9.45. The van der Waals surface area contributed by atoms with Gasteiger partial charge in [0.2, 0.25) is 0 Å². The first-order chi connectivity index (χ1) is 14.0. The Hall–Kier alpha value is -3.48. The lowest BCUT2D eigenvalue weighted by Gasteiger charge is -2.26. The number of carbonyl (C=O) groups is 2. The molecule has 0 N–H and O–H groups in total. The molecule has 0 aliphatic carbocycles. The zero-order chi connectivity index (χ0) is 20.6. The molecule has 0 radical (unpaired) electrons. The van der Waals surface area contributed by atoms with Gasteiger partial charge in [-0.1, -0.05) is 42.5 Å². The quantitative estimate of drug-likeness (QED) is 0.551. The van der Waals surface area contributed by atoms with Gasteiger partial charge in [-0.2, -0.15) is 5.10 Å². The highest BCUT2D eigenvalue weighted by Gasteiger charge is 2.19. The first kappa shape index (κ1) is 20.3. The molecule has 0 unspecified atom stereocenters. The minimum Gasteiger partial charge on any atom is -0.452 e. The van der Waals surface area contributed by atoms with Gasteiger partial charge in [0.05, 0.1) is 12.1 Å². The van der Waals surface area contributed by atoms with E-state index in [1.165, 1.54) is 6.33 Å². The third-order valence-corrected chi connectivity index (χ3v) is 4.47. The molecule has 0 aliphatic rings. The van der Waals surface area contributed by atoms with Crippen molar-refractivity contribution in [3.8, 4) is 0 Å². The summed E-state index contributed by atoms with van der Waals surface area (Å²) in [6.45, 7) is 4.64. The Bertz CT molecular complexity index is 922. The third kappa shape index (κ3) is 5.75. The van der Waals surface area contributed by atoms with Gasteiger partial charge in [-0.05, 0) is 37.1 Å². The molecule has 2 aromatic carbocycles. The van der Waals surface area contributed by atoms with Crippen LogP contribution in [0.5, 0.6) is 0 Å². The van der Waals surface area contributed by atoms with Crippen LogP contribution in [-0.4, -0.2) is 44.2 Å². The summed E-state index contributed by atoms with van der Waals surface area (Å²) in [6, 6.07) is 16.8. The SMILES string of the molecule is CC(C)N(Cc1ccccc1)C(=O)COC(=O)c1ccc(Cn2cncn2)cc1. The van der Waals surface area contributed by atoms with Gasteiger partial charge in [-0.15, -0.1) is 0 Å². The Morgan fingerprint density at radius 1 is 1.03 bits per heavy atom. The highest BCUT2D eigenvalue weighted by Crippen LogP contribution is 2.11. The van der Waals surface area contributed by atoms with Crippen LogP contribution in [0.25, 0.3) is 0 Å². The van der Waals surface area contributed by atoms with Crippen molar-refractivity contribution in [2.75, 3.05) is 6.61 Å². The van der Waals surface area contributed by atoms with E-state index in [0.717, 1.165) is 11.1 Å². The lowest BCUT2D eigenvalue weighted by Crippen LogP contribution is -2.39. The smallest absolute Gasteiger partial charge is 0.338 e.